The first kappa shape index (κ1) is 17.6. The normalized spacial score (nSPS) is 16.6. The van der Waals surface area contributed by atoms with Crippen LogP contribution in [-0.2, 0) is 0 Å². The van der Waals surface area contributed by atoms with E-state index in [9.17, 15) is 14.3 Å². The molecule has 0 spiro atoms. The third-order valence-electron chi connectivity index (χ3n) is 4.43. The SMILES string of the molecule is Cc1c(C(=O)O)sc2ncnc(Nc3ccc(F)cc3O[C@@H]3CCNC3)c12. The van der Waals surface area contributed by atoms with Crippen molar-refractivity contribution in [3.63, 3.8) is 0 Å². The van der Waals surface area contributed by atoms with E-state index < -0.39 is 11.8 Å². The van der Waals surface area contributed by atoms with Crippen LogP contribution in [0.1, 0.15) is 21.7 Å². The van der Waals surface area contributed by atoms with Gasteiger partial charge in [-0.3, -0.25) is 0 Å². The zero-order chi connectivity index (χ0) is 19.0. The molecule has 0 radical (unpaired) electrons. The van der Waals surface area contributed by atoms with Crippen molar-refractivity contribution in [2.45, 2.75) is 19.4 Å². The molecule has 1 aliphatic rings. The van der Waals surface area contributed by atoms with Gasteiger partial charge in [-0.05, 0) is 37.6 Å². The molecule has 27 heavy (non-hydrogen) atoms. The highest BCUT2D eigenvalue weighted by atomic mass is 32.1. The van der Waals surface area contributed by atoms with Gasteiger partial charge in [-0.15, -0.1) is 11.3 Å². The van der Waals surface area contributed by atoms with Crippen molar-refractivity contribution in [2.24, 2.45) is 0 Å². The fraction of sp³-hybridized carbons (Fsp3) is 0.278. The number of benzene rings is 1. The number of hydrogen-bond donors (Lipinski definition) is 3. The molecule has 1 atom stereocenters. The summed E-state index contributed by atoms with van der Waals surface area (Å²) in [4.78, 5) is 20.7. The fourth-order valence-corrected chi connectivity index (χ4v) is 4.09. The number of nitrogens with zero attached hydrogens (tertiary/aromatic N) is 2. The predicted octanol–water partition coefficient (Wildman–Crippen LogP) is 3.32. The number of carboxylic acid groups (broad SMARTS) is 1. The highest BCUT2D eigenvalue weighted by Gasteiger charge is 2.21. The van der Waals surface area contributed by atoms with E-state index in [0.717, 1.165) is 24.3 Å². The highest BCUT2D eigenvalue weighted by molar-refractivity contribution is 7.20. The number of anilines is 2. The Kier molecular flexibility index (Phi) is 4.63. The van der Waals surface area contributed by atoms with E-state index in [4.69, 9.17) is 4.74 Å². The molecule has 0 amide bonds. The van der Waals surface area contributed by atoms with E-state index >= 15 is 0 Å². The summed E-state index contributed by atoms with van der Waals surface area (Å²) in [5.41, 5.74) is 1.15. The van der Waals surface area contributed by atoms with Gasteiger partial charge in [0, 0.05) is 12.6 Å². The van der Waals surface area contributed by atoms with E-state index in [1.807, 2.05) is 0 Å². The van der Waals surface area contributed by atoms with Gasteiger partial charge in [0.25, 0.3) is 0 Å². The minimum Gasteiger partial charge on any atom is -0.487 e. The lowest BCUT2D eigenvalue weighted by Crippen LogP contribution is -2.20. The van der Waals surface area contributed by atoms with Gasteiger partial charge in [-0.25, -0.2) is 19.2 Å². The van der Waals surface area contributed by atoms with E-state index in [-0.39, 0.29) is 11.0 Å². The molecule has 1 aliphatic heterocycles. The molecule has 2 aromatic heterocycles. The topological polar surface area (TPSA) is 96.4 Å². The monoisotopic (exact) mass is 388 g/mol. The highest BCUT2D eigenvalue weighted by Crippen LogP contribution is 2.36. The fourth-order valence-electron chi connectivity index (χ4n) is 3.10. The van der Waals surface area contributed by atoms with Crippen LogP contribution in [0.2, 0.25) is 0 Å². The van der Waals surface area contributed by atoms with Crippen molar-refractivity contribution in [1.29, 1.82) is 0 Å². The minimum atomic E-state index is -0.999. The molecule has 3 heterocycles. The van der Waals surface area contributed by atoms with Crippen molar-refractivity contribution in [3.8, 4) is 5.75 Å². The molecule has 3 aromatic rings. The number of thiophene rings is 1. The maximum atomic E-state index is 13.8. The summed E-state index contributed by atoms with van der Waals surface area (Å²) in [5.74, 6) is -0.542. The van der Waals surface area contributed by atoms with Crippen LogP contribution < -0.4 is 15.4 Å². The maximum Gasteiger partial charge on any atom is 0.346 e. The Morgan fingerprint density at radius 3 is 3.04 bits per heavy atom. The van der Waals surface area contributed by atoms with Crippen LogP contribution in [0.15, 0.2) is 24.5 Å². The molecule has 1 saturated heterocycles. The first-order valence-electron chi connectivity index (χ1n) is 8.44. The Morgan fingerprint density at radius 1 is 1.44 bits per heavy atom. The number of fused-ring (bicyclic) bond motifs is 1. The lowest BCUT2D eigenvalue weighted by Gasteiger charge is -2.17. The molecule has 0 saturated carbocycles. The van der Waals surface area contributed by atoms with Gasteiger partial charge in [-0.2, -0.15) is 0 Å². The molecular weight excluding hydrogens is 371 g/mol. The lowest BCUT2D eigenvalue weighted by atomic mass is 10.2. The number of rotatable bonds is 5. The maximum absolute atomic E-state index is 13.8. The summed E-state index contributed by atoms with van der Waals surface area (Å²) >= 11 is 1.10. The first-order valence-corrected chi connectivity index (χ1v) is 9.26. The number of carbonyl (C=O) groups is 1. The molecule has 9 heteroatoms. The van der Waals surface area contributed by atoms with E-state index in [0.29, 0.717) is 39.6 Å². The van der Waals surface area contributed by atoms with Gasteiger partial charge >= 0.3 is 5.97 Å². The van der Waals surface area contributed by atoms with E-state index in [2.05, 4.69) is 20.6 Å². The summed E-state index contributed by atoms with van der Waals surface area (Å²) in [5, 5.41) is 16.4. The van der Waals surface area contributed by atoms with Gasteiger partial charge < -0.3 is 20.5 Å². The summed E-state index contributed by atoms with van der Waals surface area (Å²) in [6.07, 6.45) is 2.19. The number of carboxylic acids is 1. The first-order chi connectivity index (χ1) is 13.0. The van der Waals surface area contributed by atoms with Crippen LogP contribution in [0.5, 0.6) is 5.75 Å². The number of halogens is 1. The number of hydrogen-bond acceptors (Lipinski definition) is 7. The second kappa shape index (κ2) is 7.09. The summed E-state index contributed by atoms with van der Waals surface area (Å²) in [7, 11) is 0. The van der Waals surface area contributed by atoms with Crippen LogP contribution in [-0.4, -0.2) is 40.2 Å². The molecule has 0 aliphatic carbocycles. The molecule has 4 rings (SSSR count). The molecule has 0 unspecified atom stereocenters. The molecule has 7 nitrogen and oxygen atoms in total. The molecule has 3 N–H and O–H groups in total. The van der Waals surface area contributed by atoms with Crippen LogP contribution in [0.4, 0.5) is 15.9 Å². The average Bonchev–Trinajstić information content (AvgIpc) is 3.26. The number of aromatic carboxylic acids is 1. The van der Waals surface area contributed by atoms with Crippen molar-refractivity contribution < 1.29 is 19.0 Å². The quantitative estimate of drug-likeness (QED) is 0.617. The van der Waals surface area contributed by atoms with Crippen LogP contribution >= 0.6 is 11.3 Å². The Morgan fingerprint density at radius 2 is 2.30 bits per heavy atom. The summed E-state index contributed by atoms with van der Waals surface area (Å²) in [6.45, 7) is 3.30. The molecule has 1 aromatic carbocycles. The lowest BCUT2D eigenvalue weighted by molar-refractivity contribution is 0.0701. The third kappa shape index (κ3) is 3.43. The van der Waals surface area contributed by atoms with Gasteiger partial charge in [0.1, 0.15) is 39.5 Å². The van der Waals surface area contributed by atoms with Gasteiger partial charge in [0.15, 0.2) is 0 Å². The average molecular weight is 388 g/mol. The van der Waals surface area contributed by atoms with E-state index in [1.54, 1.807) is 13.0 Å². The van der Waals surface area contributed by atoms with Crippen LogP contribution in [0.3, 0.4) is 0 Å². The number of aromatic nitrogens is 2. The van der Waals surface area contributed by atoms with Gasteiger partial charge in [0.2, 0.25) is 0 Å². The second-order valence-corrected chi connectivity index (χ2v) is 7.26. The Balaban J connectivity index is 1.73. The molecule has 140 valence electrons. The minimum absolute atomic E-state index is 0.0285. The van der Waals surface area contributed by atoms with Crippen LogP contribution in [0.25, 0.3) is 10.2 Å². The Bertz CT molecular complexity index is 1020. The zero-order valence-electron chi connectivity index (χ0n) is 14.5. The largest absolute Gasteiger partial charge is 0.487 e. The van der Waals surface area contributed by atoms with Crippen molar-refractivity contribution in [1.82, 2.24) is 15.3 Å². The summed E-state index contributed by atoms with van der Waals surface area (Å²) in [6, 6.07) is 4.26. The summed E-state index contributed by atoms with van der Waals surface area (Å²) < 4.78 is 19.7. The standard InChI is InChI=1S/C18H17FN4O3S/c1-9-14-16(21-8-22-17(14)27-15(9)18(24)25)23-12-3-2-10(19)6-13(12)26-11-4-5-20-7-11/h2-3,6,8,11,20H,4-5,7H2,1H3,(H,24,25)(H,21,22,23)/t11-/m1/s1. The molecule has 1 fully saturated rings. The number of aryl methyl sites for hydroxylation is 1. The Hall–Kier alpha value is -2.78. The zero-order valence-corrected chi connectivity index (χ0v) is 15.3. The van der Waals surface area contributed by atoms with Gasteiger partial charge in [-0.1, -0.05) is 0 Å². The van der Waals surface area contributed by atoms with Crippen molar-refractivity contribution in [3.05, 3.63) is 40.8 Å². The van der Waals surface area contributed by atoms with Crippen LogP contribution in [0, 0.1) is 12.7 Å². The molecular formula is C18H17FN4O3S. The van der Waals surface area contributed by atoms with Crippen molar-refractivity contribution >= 4 is 39.0 Å². The smallest absolute Gasteiger partial charge is 0.346 e. The van der Waals surface area contributed by atoms with E-state index in [1.165, 1.54) is 18.5 Å². The number of nitrogens with one attached hydrogen (secondary N) is 2. The molecule has 0 bridgehead atoms. The second-order valence-electron chi connectivity index (χ2n) is 6.26. The Labute approximate surface area is 158 Å². The van der Waals surface area contributed by atoms with Crippen molar-refractivity contribution in [2.75, 3.05) is 18.4 Å². The number of ether oxygens (including phenoxy) is 1. The van der Waals surface area contributed by atoms with Gasteiger partial charge in [0.05, 0.1) is 11.1 Å². The third-order valence-corrected chi connectivity index (χ3v) is 5.61. The predicted molar refractivity (Wildman–Crippen MR) is 101 cm³/mol.